The fourth-order valence-electron chi connectivity index (χ4n) is 2.11. The van der Waals surface area contributed by atoms with Gasteiger partial charge < -0.3 is 16.0 Å². The Labute approximate surface area is 116 Å². The second-order valence-electron chi connectivity index (χ2n) is 4.62. The number of rotatable bonds is 2. The Morgan fingerprint density at radius 3 is 2.94 bits per heavy atom. The minimum atomic E-state index is 0.000794. The van der Waals surface area contributed by atoms with Crippen molar-refractivity contribution in [2.24, 2.45) is 5.73 Å². The van der Waals surface area contributed by atoms with Crippen LogP contribution in [0.25, 0.3) is 0 Å². The Balaban J connectivity index is 2.22. The van der Waals surface area contributed by atoms with Gasteiger partial charge in [0.15, 0.2) is 0 Å². The van der Waals surface area contributed by atoms with Crippen LogP contribution in [0.2, 0.25) is 0 Å². The van der Waals surface area contributed by atoms with Crippen molar-refractivity contribution in [2.45, 2.75) is 19.4 Å². The maximum atomic E-state index is 11.5. The molecule has 0 radical (unpaired) electrons. The van der Waals surface area contributed by atoms with E-state index in [1.54, 1.807) is 0 Å². The van der Waals surface area contributed by atoms with Gasteiger partial charge in [-0.2, -0.15) is 0 Å². The first kappa shape index (κ1) is 13.4. The number of nitrogens with two attached hydrogens (primary N) is 1. The van der Waals surface area contributed by atoms with Gasteiger partial charge in [-0.25, -0.2) is 0 Å². The monoisotopic (exact) mass is 311 g/mol. The first-order valence-electron chi connectivity index (χ1n) is 6.14. The van der Waals surface area contributed by atoms with Crippen LogP contribution in [0.1, 0.15) is 24.9 Å². The number of amides is 1. The van der Waals surface area contributed by atoms with E-state index in [4.69, 9.17) is 5.73 Å². The third-order valence-corrected chi connectivity index (χ3v) is 3.79. The van der Waals surface area contributed by atoms with Gasteiger partial charge in [-0.3, -0.25) is 4.79 Å². The Morgan fingerprint density at radius 1 is 1.50 bits per heavy atom. The molecule has 0 saturated carbocycles. The molecule has 18 heavy (non-hydrogen) atoms. The second-order valence-corrected chi connectivity index (χ2v) is 5.47. The van der Waals surface area contributed by atoms with E-state index in [1.165, 1.54) is 0 Å². The minimum Gasteiger partial charge on any atom is -0.362 e. The molecule has 2 rings (SSSR count). The van der Waals surface area contributed by atoms with E-state index < -0.39 is 0 Å². The molecule has 1 aliphatic heterocycles. The van der Waals surface area contributed by atoms with Crippen molar-refractivity contribution in [3.8, 4) is 0 Å². The third kappa shape index (κ3) is 3.03. The average Bonchev–Trinajstić information content (AvgIpc) is 2.53. The number of hydrogen-bond donors (Lipinski definition) is 2. The molecule has 0 spiro atoms. The minimum absolute atomic E-state index is 0.000794. The summed E-state index contributed by atoms with van der Waals surface area (Å²) in [6, 6.07) is 6.09. The van der Waals surface area contributed by atoms with Gasteiger partial charge in [-0.15, -0.1) is 0 Å². The fraction of sp³-hybridized carbons (Fsp3) is 0.462. The molecule has 1 aromatic carbocycles. The smallest absolute Gasteiger partial charge is 0.239 e. The van der Waals surface area contributed by atoms with Crippen LogP contribution in [0.5, 0.6) is 0 Å². The Morgan fingerprint density at radius 2 is 2.28 bits per heavy atom. The van der Waals surface area contributed by atoms with Crippen LogP contribution in [0.4, 0.5) is 5.69 Å². The second kappa shape index (κ2) is 5.71. The first-order chi connectivity index (χ1) is 8.58. The van der Waals surface area contributed by atoms with Crippen LogP contribution >= 0.6 is 15.9 Å². The van der Waals surface area contributed by atoms with Gasteiger partial charge in [-0.05, 0) is 31.0 Å². The molecule has 0 unspecified atom stereocenters. The molecular weight excluding hydrogens is 294 g/mol. The molecule has 0 aromatic heterocycles. The summed E-state index contributed by atoms with van der Waals surface area (Å²) in [4.78, 5) is 13.6. The first-order valence-corrected chi connectivity index (χ1v) is 6.94. The topological polar surface area (TPSA) is 58.4 Å². The number of benzene rings is 1. The molecule has 0 bridgehead atoms. The standard InChI is InChI=1S/C13H18BrN3O/c1-9(15)11-4-3-10(7-12(11)14)17-6-2-5-16-13(18)8-17/h3-4,7,9H,2,5-6,8,15H2,1H3,(H,16,18)/t9-/m1/s1. The number of carbonyl (C=O) groups is 1. The number of anilines is 1. The highest BCUT2D eigenvalue weighted by molar-refractivity contribution is 9.10. The molecule has 1 aliphatic rings. The van der Waals surface area contributed by atoms with Crippen LogP contribution in [0, 0.1) is 0 Å². The molecule has 1 fully saturated rings. The lowest BCUT2D eigenvalue weighted by Crippen LogP contribution is -2.33. The van der Waals surface area contributed by atoms with E-state index in [-0.39, 0.29) is 11.9 Å². The van der Waals surface area contributed by atoms with Gasteiger partial charge >= 0.3 is 0 Å². The van der Waals surface area contributed by atoms with Crippen LogP contribution in [-0.2, 0) is 4.79 Å². The Hall–Kier alpha value is -1.07. The fourth-order valence-corrected chi connectivity index (χ4v) is 2.84. The predicted octanol–water partition coefficient (Wildman–Crippen LogP) is 1.80. The van der Waals surface area contributed by atoms with Crippen molar-refractivity contribution in [2.75, 3.05) is 24.5 Å². The highest BCUT2D eigenvalue weighted by atomic mass is 79.9. The van der Waals surface area contributed by atoms with E-state index >= 15 is 0 Å². The van der Waals surface area contributed by atoms with Crippen molar-refractivity contribution in [1.29, 1.82) is 0 Å². The van der Waals surface area contributed by atoms with Crippen LogP contribution in [0.3, 0.4) is 0 Å². The summed E-state index contributed by atoms with van der Waals surface area (Å²) < 4.78 is 1.000. The number of nitrogens with one attached hydrogen (secondary N) is 1. The molecule has 1 heterocycles. The number of halogens is 1. The van der Waals surface area contributed by atoms with Crippen molar-refractivity contribution in [3.05, 3.63) is 28.2 Å². The number of nitrogens with zero attached hydrogens (tertiary/aromatic N) is 1. The van der Waals surface area contributed by atoms with E-state index in [0.29, 0.717) is 6.54 Å². The van der Waals surface area contributed by atoms with Crippen LogP contribution < -0.4 is 16.0 Å². The summed E-state index contributed by atoms with van der Waals surface area (Å²) in [5.74, 6) is 0.0832. The van der Waals surface area contributed by atoms with Gasteiger partial charge in [0.25, 0.3) is 0 Å². The van der Waals surface area contributed by atoms with E-state index in [9.17, 15) is 4.79 Å². The van der Waals surface area contributed by atoms with E-state index in [2.05, 4.69) is 26.1 Å². The molecule has 98 valence electrons. The van der Waals surface area contributed by atoms with Gasteiger partial charge in [0.2, 0.25) is 5.91 Å². The summed E-state index contributed by atoms with van der Waals surface area (Å²) in [5.41, 5.74) is 8.02. The molecular formula is C13H18BrN3O. The molecule has 1 aromatic rings. The normalized spacial score (nSPS) is 18.2. The third-order valence-electron chi connectivity index (χ3n) is 3.10. The van der Waals surface area contributed by atoms with E-state index in [0.717, 1.165) is 35.2 Å². The number of carbonyl (C=O) groups excluding carboxylic acids is 1. The zero-order valence-corrected chi connectivity index (χ0v) is 12.0. The summed E-state index contributed by atoms with van der Waals surface area (Å²) >= 11 is 3.54. The van der Waals surface area contributed by atoms with Crippen molar-refractivity contribution >= 4 is 27.5 Å². The molecule has 1 atom stereocenters. The summed E-state index contributed by atoms with van der Waals surface area (Å²) in [7, 11) is 0. The van der Waals surface area contributed by atoms with Gasteiger partial charge in [0, 0.05) is 29.3 Å². The molecule has 4 nitrogen and oxygen atoms in total. The SMILES string of the molecule is C[C@@H](N)c1ccc(N2CCCNC(=O)C2)cc1Br. The molecule has 1 amide bonds. The Bertz CT molecular complexity index is 448. The van der Waals surface area contributed by atoms with Gasteiger partial charge in [-0.1, -0.05) is 22.0 Å². The highest BCUT2D eigenvalue weighted by Crippen LogP contribution is 2.27. The zero-order chi connectivity index (χ0) is 13.1. The van der Waals surface area contributed by atoms with Crippen molar-refractivity contribution < 1.29 is 4.79 Å². The van der Waals surface area contributed by atoms with Crippen LogP contribution in [-0.4, -0.2) is 25.5 Å². The van der Waals surface area contributed by atoms with Gasteiger partial charge in [0.1, 0.15) is 0 Å². The lowest BCUT2D eigenvalue weighted by atomic mass is 10.1. The van der Waals surface area contributed by atoms with Crippen molar-refractivity contribution in [3.63, 3.8) is 0 Å². The largest absolute Gasteiger partial charge is 0.362 e. The zero-order valence-electron chi connectivity index (χ0n) is 10.4. The average molecular weight is 312 g/mol. The highest BCUT2D eigenvalue weighted by Gasteiger charge is 2.16. The van der Waals surface area contributed by atoms with E-state index in [1.807, 2.05) is 25.1 Å². The lowest BCUT2D eigenvalue weighted by Gasteiger charge is -2.22. The van der Waals surface area contributed by atoms with Crippen LogP contribution in [0.15, 0.2) is 22.7 Å². The lowest BCUT2D eigenvalue weighted by molar-refractivity contribution is -0.119. The molecule has 0 aliphatic carbocycles. The van der Waals surface area contributed by atoms with Crippen molar-refractivity contribution in [1.82, 2.24) is 5.32 Å². The molecule has 3 N–H and O–H groups in total. The number of hydrogen-bond acceptors (Lipinski definition) is 3. The summed E-state index contributed by atoms with van der Waals surface area (Å²) in [5, 5.41) is 2.88. The summed E-state index contributed by atoms with van der Waals surface area (Å²) in [6.07, 6.45) is 0.971. The quantitative estimate of drug-likeness (QED) is 0.875. The molecule has 5 heteroatoms. The predicted molar refractivity (Wildman–Crippen MR) is 76.6 cm³/mol. The summed E-state index contributed by atoms with van der Waals surface area (Å²) in [6.45, 7) is 4.03. The maximum absolute atomic E-state index is 11.5. The van der Waals surface area contributed by atoms with Gasteiger partial charge in [0.05, 0.1) is 6.54 Å². The Kier molecular flexibility index (Phi) is 4.24. The maximum Gasteiger partial charge on any atom is 0.239 e. The molecule has 1 saturated heterocycles.